The molecule has 5 fully saturated rings. The van der Waals surface area contributed by atoms with Crippen molar-refractivity contribution < 1.29 is 13.5 Å². The van der Waals surface area contributed by atoms with Crippen molar-refractivity contribution in [2.24, 2.45) is 35.5 Å². The lowest BCUT2D eigenvalue weighted by molar-refractivity contribution is -0.123. The van der Waals surface area contributed by atoms with Crippen molar-refractivity contribution in [3.8, 4) is 0 Å². The van der Waals surface area contributed by atoms with Gasteiger partial charge in [-0.2, -0.15) is 0 Å². The van der Waals surface area contributed by atoms with Crippen molar-refractivity contribution in [2.75, 3.05) is 26.2 Å². The van der Waals surface area contributed by atoms with Crippen molar-refractivity contribution in [3.63, 3.8) is 0 Å². The molecule has 5 aliphatic rings. The topological polar surface area (TPSA) is 60.9 Å². The number of hydrogen-bond donors (Lipinski definition) is 1. The van der Waals surface area contributed by atoms with Crippen molar-refractivity contribution in [1.82, 2.24) is 9.21 Å². The quantitative estimate of drug-likeness (QED) is 0.549. The maximum Gasteiger partial charge on any atom is 0.217 e. The Morgan fingerprint density at radius 1 is 0.771 bits per heavy atom. The van der Waals surface area contributed by atoms with E-state index in [1.54, 1.807) is 0 Å². The molecule has 0 bridgehead atoms. The number of rotatable bonds is 5. The molecular weight excluding hydrogens is 456 g/mol. The fourth-order valence-corrected chi connectivity index (χ4v) is 11.5. The first kappa shape index (κ1) is 26.4. The molecule has 0 aromatic rings. The van der Waals surface area contributed by atoms with E-state index >= 15 is 0 Å². The highest BCUT2D eigenvalue weighted by molar-refractivity contribution is 7.89. The monoisotopic (exact) mass is 508 g/mol. The molecule has 0 spiro atoms. The summed E-state index contributed by atoms with van der Waals surface area (Å²) in [4.78, 5) is 2.49. The fraction of sp³-hybridized carbons (Fsp3) is 1.00. The zero-order valence-electron chi connectivity index (χ0n) is 22.5. The molecule has 3 saturated carbocycles. The van der Waals surface area contributed by atoms with E-state index in [1.165, 1.54) is 57.8 Å². The van der Waals surface area contributed by atoms with E-state index in [-0.39, 0.29) is 23.8 Å². The fourth-order valence-electron chi connectivity index (χ4n) is 9.20. The summed E-state index contributed by atoms with van der Waals surface area (Å²) in [5.74, 6) is 4.13. The molecule has 0 aromatic carbocycles. The Kier molecular flexibility index (Phi) is 8.53. The van der Waals surface area contributed by atoms with Crippen LogP contribution in [0.25, 0.3) is 0 Å². The summed E-state index contributed by atoms with van der Waals surface area (Å²) in [5, 5.41) is 10.2. The number of hydrogen-bond acceptors (Lipinski definition) is 4. The van der Waals surface area contributed by atoms with E-state index < -0.39 is 10.0 Å². The Morgan fingerprint density at radius 2 is 1.49 bits per heavy atom. The predicted octanol–water partition coefficient (Wildman–Crippen LogP) is 5.28. The summed E-state index contributed by atoms with van der Waals surface area (Å²) in [6.07, 6.45) is 17.1. The summed E-state index contributed by atoms with van der Waals surface area (Å²) in [7, 11) is -3.26. The molecule has 202 valence electrons. The average Bonchev–Trinajstić information content (AvgIpc) is 2.83. The first-order chi connectivity index (χ1) is 16.9. The number of aliphatic hydroxyl groups excluding tert-OH is 1. The number of nitrogens with zero attached hydrogens (tertiary/aromatic N) is 2. The smallest absolute Gasteiger partial charge is 0.217 e. The Morgan fingerprint density at radius 3 is 2.20 bits per heavy atom. The summed E-state index contributed by atoms with van der Waals surface area (Å²) in [6, 6.07) is 0.546. The van der Waals surface area contributed by atoms with Crippen molar-refractivity contribution >= 4 is 10.0 Å². The molecule has 5 unspecified atom stereocenters. The van der Waals surface area contributed by atoms with Gasteiger partial charge in [0.25, 0.3) is 0 Å². The first-order valence-electron chi connectivity index (χ1n) is 15.3. The summed E-state index contributed by atoms with van der Waals surface area (Å²) in [6.45, 7) is 7.20. The van der Waals surface area contributed by atoms with Crippen molar-refractivity contribution in [1.29, 1.82) is 0 Å². The van der Waals surface area contributed by atoms with Crippen LogP contribution in [0, 0.1) is 35.5 Å². The molecule has 1 N–H and O–H groups in total. The van der Waals surface area contributed by atoms with E-state index in [1.807, 2.05) is 4.31 Å². The summed E-state index contributed by atoms with van der Waals surface area (Å²) >= 11 is 0. The SMILES string of the molecule is CC1CCCC(C2CCC([C@H]3C4CN(S(=O)(=O)C5CCCCC5C)CCCCN4[C@@H]3CO)CC2)C1. The van der Waals surface area contributed by atoms with Gasteiger partial charge in [0.2, 0.25) is 10.0 Å². The van der Waals surface area contributed by atoms with Gasteiger partial charge in [-0.3, -0.25) is 4.90 Å². The molecule has 5 rings (SSSR count). The van der Waals surface area contributed by atoms with Crippen LogP contribution >= 0.6 is 0 Å². The zero-order valence-corrected chi connectivity index (χ0v) is 23.3. The van der Waals surface area contributed by atoms with Gasteiger partial charge in [0.1, 0.15) is 0 Å². The minimum atomic E-state index is -3.26. The summed E-state index contributed by atoms with van der Waals surface area (Å²) in [5.41, 5.74) is 0. The van der Waals surface area contributed by atoms with Gasteiger partial charge in [-0.05, 0) is 99.8 Å². The third-order valence-corrected chi connectivity index (χ3v) is 13.7. The number of aliphatic hydroxyl groups is 1. The van der Waals surface area contributed by atoms with Gasteiger partial charge in [-0.25, -0.2) is 12.7 Å². The van der Waals surface area contributed by atoms with E-state index in [0.717, 1.165) is 56.4 Å². The molecule has 2 saturated heterocycles. The minimum absolute atomic E-state index is 0.190. The molecule has 5 nitrogen and oxygen atoms in total. The largest absolute Gasteiger partial charge is 0.395 e. The highest BCUT2D eigenvalue weighted by Crippen LogP contribution is 2.49. The molecule has 6 heteroatoms. The Hall–Kier alpha value is -0.170. The lowest BCUT2D eigenvalue weighted by Gasteiger charge is -2.60. The minimum Gasteiger partial charge on any atom is -0.395 e. The van der Waals surface area contributed by atoms with Crippen molar-refractivity contribution in [3.05, 3.63) is 0 Å². The molecule has 0 amide bonds. The van der Waals surface area contributed by atoms with Crippen LogP contribution in [0.5, 0.6) is 0 Å². The standard InChI is InChI=1S/C29H52N2O3S/c1-21-8-7-10-25(18-21)23-12-14-24(15-13-23)29-26-19-30(16-5-6-17-31(26)27(29)20-32)35(33,34)28-11-4-3-9-22(28)2/h21-29,32H,3-20H2,1-2H3/t21?,22?,23?,24?,25?,26?,27-,28?,29+/m1/s1. The number of sulfonamides is 1. The Labute approximate surface area is 215 Å². The average molecular weight is 509 g/mol. The highest BCUT2D eigenvalue weighted by atomic mass is 32.2. The number of fused-ring (bicyclic) bond motifs is 1. The van der Waals surface area contributed by atoms with E-state index in [4.69, 9.17) is 0 Å². The van der Waals surface area contributed by atoms with Gasteiger partial charge in [0.15, 0.2) is 0 Å². The Bertz CT molecular complexity index is 796. The first-order valence-corrected chi connectivity index (χ1v) is 16.8. The normalized spacial score (nSPS) is 44.6. The second-order valence-electron chi connectivity index (χ2n) is 13.2. The van der Waals surface area contributed by atoms with Gasteiger partial charge in [0, 0.05) is 25.2 Å². The summed E-state index contributed by atoms with van der Waals surface area (Å²) < 4.78 is 29.6. The van der Waals surface area contributed by atoms with Crippen LogP contribution in [0.4, 0.5) is 0 Å². The molecule has 0 radical (unpaired) electrons. The molecular formula is C29H52N2O3S. The molecule has 0 aromatic heterocycles. The van der Waals surface area contributed by atoms with Crippen LogP contribution in [-0.4, -0.2) is 66.3 Å². The Balaban J connectivity index is 1.26. The second-order valence-corrected chi connectivity index (χ2v) is 15.4. The van der Waals surface area contributed by atoms with Crippen LogP contribution in [0.3, 0.4) is 0 Å². The van der Waals surface area contributed by atoms with Crippen molar-refractivity contribution in [2.45, 2.75) is 121 Å². The molecule has 7 atom stereocenters. The maximum absolute atomic E-state index is 13.8. The van der Waals surface area contributed by atoms with Crippen LogP contribution in [0.1, 0.15) is 104 Å². The molecule has 2 aliphatic heterocycles. The van der Waals surface area contributed by atoms with Gasteiger partial charge < -0.3 is 5.11 Å². The van der Waals surface area contributed by atoms with Gasteiger partial charge >= 0.3 is 0 Å². The van der Waals surface area contributed by atoms with Gasteiger partial charge in [-0.15, -0.1) is 0 Å². The molecule has 35 heavy (non-hydrogen) atoms. The van der Waals surface area contributed by atoms with Crippen LogP contribution < -0.4 is 0 Å². The molecule has 2 heterocycles. The van der Waals surface area contributed by atoms with E-state index in [0.29, 0.717) is 31.0 Å². The van der Waals surface area contributed by atoms with E-state index in [9.17, 15) is 13.5 Å². The maximum atomic E-state index is 13.8. The third-order valence-electron chi connectivity index (χ3n) is 11.2. The highest BCUT2D eigenvalue weighted by Gasteiger charge is 2.53. The van der Waals surface area contributed by atoms with Gasteiger partial charge in [0.05, 0.1) is 11.9 Å². The molecule has 3 aliphatic carbocycles. The predicted molar refractivity (Wildman–Crippen MR) is 143 cm³/mol. The zero-order chi connectivity index (χ0) is 24.6. The van der Waals surface area contributed by atoms with Crippen LogP contribution in [-0.2, 0) is 10.0 Å². The van der Waals surface area contributed by atoms with E-state index in [2.05, 4.69) is 18.7 Å². The lowest BCUT2D eigenvalue weighted by atomic mass is 9.62. The third kappa shape index (κ3) is 5.38. The van der Waals surface area contributed by atoms with Crippen LogP contribution in [0.2, 0.25) is 0 Å². The van der Waals surface area contributed by atoms with Gasteiger partial charge in [-0.1, -0.05) is 46.0 Å². The second kappa shape index (κ2) is 11.3. The lowest BCUT2D eigenvalue weighted by Crippen LogP contribution is -2.71. The van der Waals surface area contributed by atoms with Crippen LogP contribution in [0.15, 0.2) is 0 Å².